The predicted molar refractivity (Wildman–Crippen MR) is 117 cm³/mol. The molecule has 11 heteroatoms. The van der Waals surface area contributed by atoms with Crippen LogP contribution in [-0.4, -0.2) is 54.0 Å². The Kier molecular flexibility index (Phi) is 5.96. The van der Waals surface area contributed by atoms with Crippen molar-refractivity contribution < 1.29 is 18.8 Å². The third kappa shape index (κ3) is 5.07. The van der Waals surface area contributed by atoms with Crippen molar-refractivity contribution in [3.8, 4) is 11.5 Å². The summed E-state index contributed by atoms with van der Waals surface area (Å²) < 4.78 is 20.7. The van der Waals surface area contributed by atoms with Crippen molar-refractivity contribution in [2.45, 2.75) is 45.6 Å². The van der Waals surface area contributed by atoms with E-state index >= 15 is 0 Å². The summed E-state index contributed by atoms with van der Waals surface area (Å²) in [6.45, 7) is 6.43. The van der Waals surface area contributed by atoms with Crippen molar-refractivity contribution in [2.75, 3.05) is 13.1 Å². The molecule has 0 bridgehead atoms. The Bertz CT molecular complexity index is 1210. The first-order valence-electron chi connectivity index (χ1n) is 10.7. The molecule has 0 aliphatic carbocycles. The van der Waals surface area contributed by atoms with Crippen molar-refractivity contribution in [2.24, 2.45) is 5.92 Å². The number of halogens is 1. The minimum Gasteiger partial charge on any atom is -0.444 e. The number of pyridine rings is 1. The van der Waals surface area contributed by atoms with E-state index < -0.39 is 22.4 Å². The SMILES string of the molecule is CC(C)(C)OC(=O)N1CCC[C@@H](Cc2nc(-c3cnc4ccc(F)cn34)ncc2[N+](=O)[O-])C1. The van der Waals surface area contributed by atoms with Crippen LogP contribution in [0, 0.1) is 21.8 Å². The molecule has 10 nitrogen and oxygen atoms in total. The van der Waals surface area contributed by atoms with Crippen molar-refractivity contribution >= 4 is 17.4 Å². The van der Waals surface area contributed by atoms with E-state index in [1.807, 2.05) is 20.8 Å². The summed E-state index contributed by atoms with van der Waals surface area (Å²) >= 11 is 0. The fraction of sp³-hybridized carbons (Fsp3) is 0.455. The molecule has 0 N–H and O–H groups in total. The van der Waals surface area contributed by atoms with Crippen LogP contribution in [0.15, 0.2) is 30.7 Å². The first-order valence-corrected chi connectivity index (χ1v) is 10.7. The molecule has 1 amide bonds. The van der Waals surface area contributed by atoms with Gasteiger partial charge in [0.15, 0.2) is 5.82 Å². The second-order valence-corrected chi connectivity index (χ2v) is 9.14. The highest BCUT2D eigenvalue weighted by molar-refractivity contribution is 5.68. The molecule has 4 rings (SSSR count). The van der Waals surface area contributed by atoms with Crippen molar-refractivity contribution in [1.29, 1.82) is 0 Å². The maximum absolute atomic E-state index is 13.8. The van der Waals surface area contributed by atoms with E-state index in [4.69, 9.17) is 4.74 Å². The number of carbonyl (C=O) groups excluding carboxylic acids is 1. The highest BCUT2D eigenvalue weighted by Gasteiger charge is 2.30. The summed E-state index contributed by atoms with van der Waals surface area (Å²) in [6.07, 6.45) is 5.42. The number of fused-ring (bicyclic) bond motifs is 1. The van der Waals surface area contributed by atoms with Crippen LogP contribution in [0.5, 0.6) is 0 Å². The van der Waals surface area contributed by atoms with Gasteiger partial charge < -0.3 is 9.64 Å². The first-order chi connectivity index (χ1) is 15.6. The Morgan fingerprint density at radius 1 is 1.30 bits per heavy atom. The lowest BCUT2D eigenvalue weighted by atomic mass is 9.93. The van der Waals surface area contributed by atoms with Crippen molar-refractivity contribution in [1.82, 2.24) is 24.3 Å². The van der Waals surface area contributed by atoms with E-state index in [0.29, 0.717) is 30.9 Å². The standard InChI is InChI=1S/C22H25FN6O4/c1-22(2,3)33-21(30)27-8-4-5-14(12-27)9-16-17(29(31)32)10-25-20(26-16)18-11-24-19-7-6-15(23)13-28(18)19/h6-7,10-11,13-14H,4-5,8-9,12H2,1-3H3/t14-/m0/s1. The number of amides is 1. The normalized spacial score (nSPS) is 16.7. The molecule has 1 aliphatic rings. The van der Waals surface area contributed by atoms with Gasteiger partial charge in [-0.15, -0.1) is 0 Å². The molecular formula is C22H25FN6O4. The van der Waals surface area contributed by atoms with E-state index in [1.54, 1.807) is 4.90 Å². The molecule has 1 atom stereocenters. The van der Waals surface area contributed by atoms with Gasteiger partial charge in [0.25, 0.3) is 0 Å². The zero-order valence-corrected chi connectivity index (χ0v) is 18.7. The molecule has 174 valence electrons. The maximum Gasteiger partial charge on any atom is 0.410 e. The topological polar surface area (TPSA) is 116 Å². The number of hydrogen-bond donors (Lipinski definition) is 0. The van der Waals surface area contributed by atoms with Crippen LogP contribution in [0.2, 0.25) is 0 Å². The molecule has 4 heterocycles. The number of carbonyl (C=O) groups is 1. The molecule has 1 fully saturated rings. The van der Waals surface area contributed by atoms with Crippen LogP contribution in [0.4, 0.5) is 14.9 Å². The number of ether oxygens (including phenoxy) is 1. The number of nitro groups is 1. The van der Waals surface area contributed by atoms with Gasteiger partial charge in [0.05, 0.1) is 11.1 Å². The Hall–Kier alpha value is -3.63. The van der Waals surface area contributed by atoms with Crippen LogP contribution >= 0.6 is 0 Å². The molecule has 0 aromatic carbocycles. The van der Waals surface area contributed by atoms with Gasteiger partial charge in [-0.2, -0.15) is 0 Å². The maximum atomic E-state index is 13.8. The van der Waals surface area contributed by atoms with Gasteiger partial charge in [0.1, 0.15) is 34.7 Å². The molecule has 3 aromatic heterocycles. The van der Waals surface area contributed by atoms with E-state index in [1.165, 1.54) is 35.1 Å². The Morgan fingerprint density at radius 2 is 2.09 bits per heavy atom. The van der Waals surface area contributed by atoms with E-state index in [9.17, 15) is 19.3 Å². The highest BCUT2D eigenvalue weighted by atomic mass is 19.1. The quantitative estimate of drug-likeness (QED) is 0.430. The number of imidazole rings is 1. The van der Waals surface area contributed by atoms with Gasteiger partial charge in [0, 0.05) is 25.7 Å². The summed E-state index contributed by atoms with van der Waals surface area (Å²) in [5, 5.41) is 11.6. The minimum atomic E-state index is -0.599. The lowest BCUT2D eigenvalue weighted by molar-refractivity contribution is -0.386. The molecule has 0 saturated carbocycles. The predicted octanol–water partition coefficient (Wildman–Crippen LogP) is 4.03. The lowest BCUT2D eigenvalue weighted by Gasteiger charge is -2.34. The number of hydrogen-bond acceptors (Lipinski definition) is 7. The second kappa shape index (κ2) is 8.72. The van der Waals surface area contributed by atoms with Gasteiger partial charge in [-0.25, -0.2) is 24.1 Å². The summed E-state index contributed by atoms with van der Waals surface area (Å²) in [6, 6.07) is 2.83. The Morgan fingerprint density at radius 3 is 2.82 bits per heavy atom. The zero-order valence-electron chi connectivity index (χ0n) is 18.7. The third-order valence-electron chi connectivity index (χ3n) is 5.39. The van der Waals surface area contributed by atoms with Gasteiger partial charge in [0.2, 0.25) is 0 Å². The second-order valence-electron chi connectivity index (χ2n) is 9.14. The summed E-state index contributed by atoms with van der Waals surface area (Å²) in [4.78, 5) is 38.1. The molecule has 33 heavy (non-hydrogen) atoms. The summed E-state index contributed by atoms with van der Waals surface area (Å²) in [5.74, 6) is -0.255. The fourth-order valence-electron chi connectivity index (χ4n) is 3.95. The Labute approximate surface area is 189 Å². The van der Waals surface area contributed by atoms with Crippen LogP contribution in [-0.2, 0) is 11.2 Å². The molecule has 1 saturated heterocycles. The lowest BCUT2D eigenvalue weighted by Crippen LogP contribution is -2.43. The average Bonchev–Trinajstić information content (AvgIpc) is 3.15. The smallest absolute Gasteiger partial charge is 0.410 e. The highest BCUT2D eigenvalue weighted by Crippen LogP contribution is 2.28. The van der Waals surface area contributed by atoms with E-state index in [0.717, 1.165) is 12.8 Å². The summed E-state index contributed by atoms with van der Waals surface area (Å²) in [7, 11) is 0. The van der Waals surface area contributed by atoms with Gasteiger partial charge in [-0.1, -0.05) is 0 Å². The van der Waals surface area contributed by atoms with Crippen LogP contribution in [0.25, 0.3) is 17.2 Å². The average molecular weight is 456 g/mol. The molecule has 0 unspecified atom stereocenters. The minimum absolute atomic E-state index is 0.0210. The van der Waals surface area contributed by atoms with Crippen molar-refractivity contribution in [3.63, 3.8) is 0 Å². The molecule has 0 radical (unpaired) electrons. The zero-order chi connectivity index (χ0) is 23.8. The van der Waals surface area contributed by atoms with Crippen molar-refractivity contribution in [3.05, 3.63) is 52.3 Å². The van der Waals surface area contributed by atoms with Gasteiger partial charge in [-0.05, 0) is 51.7 Å². The Balaban J connectivity index is 1.61. The van der Waals surface area contributed by atoms with Gasteiger partial charge >= 0.3 is 11.8 Å². The van der Waals surface area contributed by atoms with Crippen LogP contribution in [0.1, 0.15) is 39.3 Å². The number of piperidine rings is 1. The molecular weight excluding hydrogens is 431 g/mol. The number of aromatic nitrogens is 4. The monoisotopic (exact) mass is 456 g/mol. The third-order valence-corrected chi connectivity index (χ3v) is 5.39. The van der Waals surface area contributed by atoms with Gasteiger partial charge in [-0.3, -0.25) is 14.5 Å². The fourth-order valence-corrected chi connectivity index (χ4v) is 3.95. The number of likely N-dealkylation sites (tertiary alicyclic amines) is 1. The van der Waals surface area contributed by atoms with Crippen LogP contribution < -0.4 is 0 Å². The summed E-state index contributed by atoms with van der Waals surface area (Å²) in [5.41, 5.74) is 0.424. The molecule has 3 aromatic rings. The number of rotatable bonds is 4. The molecule has 1 aliphatic heterocycles. The number of nitrogens with zero attached hydrogens (tertiary/aromatic N) is 6. The van der Waals surface area contributed by atoms with Crippen LogP contribution in [0.3, 0.4) is 0 Å². The molecule has 0 spiro atoms. The first kappa shape index (κ1) is 22.6. The largest absolute Gasteiger partial charge is 0.444 e. The van der Waals surface area contributed by atoms with E-state index in [-0.39, 0.29) is 23.1 Å². The van der Waals surface area contributed by atoms with E-state index in [2.05, 4.69) is 15.0 Å².